The molecule has 1 heterocycles. The third-order valence-corrected chi connectivity index (χ3v) is 11.1. The standard InChI is InChI=1S/C54H58O12/c1-3-4-11-35-44(36-23-5-12-24-38(2)61-50(56)40-27-15-7-16-28-40)62-54-48(66-53(59)43-33-21-10-22-34-43)47(65-52(58)42-31-19-9-20-32-42)46(64-51(57)41-29-17-8-18-30-41)45(63-54)37-60-49(55)39-25-13-6-14-26-39/h6-10,13-22,25-34,38,44-48,54H,3-5,11-12,23-24,35-37H2,1-2H3/t38-,44-,45+,46+,47-,48+,54+/m0/s1. The van der Waals surface area contributed by atoms with E-state index in [1.807, 2.05) is 13.0 Å². The first-order chi connectivity index (χ1) is 32.2. The molecule has 0 aromatic heterocycles. The second kappa shape index (κ2) is 25.8. The topological polar surface area (TPSA) is 150 Å². The number of hydrogen-bond donors (Lipinski definition) is 0. The summed E-state index contributed by atoms with van der Waals surface area (Å²) in [5.41, 5.74) is 1.38. The normalized spacial score (nSPS) is 18.8. The Morgan fingerprint density at radius 2 is 0.864 bits per heavy atom. The van der Waals surface area contributed by atoms with E-state index in [-0.39, 0.29) is 34.3 Å². The maximum atomic E-state index is 14.1. The van der Waals surface area contributed by atoms with Gasteiger partial charge in [0, 0.05) is 0 Å². The Labute approximate surface area is 386 Å². The lowest BCUT2D eigenvalue weighted by molar-refractivity contribution is -0.309. The molecule has 346 valence electrons. The van der Waals surface area contributed by atoms with Gasteiger partial charge in [-0.3, -0.25) is 0 Å². The van der Waals surface area contributed by atoms with Gasteiger partial charge in [0.25, 0.3) is 0 Å². The lowest BCUT2D eigenvalue weighted by Crippen LogP contribution is -2.63. The minimum absolute atomic E-state index is 0.191. The number of carbonyl (C=O) groups excluding carboxylic acids is 5. The molecule has 0 radical (unpaired) electrons. The van der Waals surface area contributed by atoms with Crippen molar-refractivity contribution in [2.75, 3.05) is 6.61 Å². The molecule has 1 aliphatic heterocycles. The van der Waals surface area contributed by atoms with E-state index in [0.29, 0.717) is 24.8 Å². The van der Waals surface area contributed by atoms with Crippen molar-refractivity contribution in [1.29, 1.82) is 0 Å². The van der Waals surface area contributed by atoms with E-state index in [2.05, 4.69) is 6.92 Å². The largest absolute Gasteiger partial charge is 0.459 e. The summed E-state index contributed by atoms with van der Waals surface area (Å²) in [7, 11) is 0. The molecular weight excluding hydrogens is 841 g/mol. The first-order valence-corrected chi connectivity index (χ1v) is 22.8. The van der Waals surface area contributed by atoms with Crippen LogP contribution in [0.3, 0.4) is 0 Å². The van der Waals surface area contributed by atoms with Crippen LogP contribution in [0.1, 0.15) is 123 Å². The van der Waals surface area contributed by atoms with Crippen LogP contribution in [0.2, 0.25) is 0 Å². The number of rotatable bonds is 23. The summed E-state index contributed by atoms with van der Waals surface area (Å²) < 4.78 is 43.7. The van der Waals surface area contributed by atoms with E-state index in [9.17, 15) is 24.0 Å². The van der Waals surface area contributed by atoms with Crippen LogP contribution in [0, 0.1) is 0 Å². The molecule has 0 saturated carbocycles. The molecule has 6 rings (SSSR count). The molecule has 0 bridgehead atoms. The third-order valence-electron chi connectivity index (χ3n) is 11.1. The van der Waals surface area contributed by atoms with Gasteiger partial charge in [-0.25, -0.2) is 24.0 Å². The Kier molecular flexibility index (Phi) is 19.0. The van der Waals surface area contributed by atoms with Crippen molar-refractivity contribution in [2.45, 2.75) is 115 Å². The van der Waals surface area contributed by atoms with Gasteiger partial charge in [-0.15, -0.1) is 0 Å². The number of benzene rings is 5. The maximum absolute atomic E-state index is 14.1. The Morgan fingerprint density at radius 3 is 1.33 bits per heavy atom. The van der Waals surface area contributed by atoms with E-state index in [0.717, 1.165) is 38.5 Å². The fraction of sp³-hybridized carbons (Fsp3) is 0.352. The van der Waals surface area contributed by atoms with Crippen LogP contribution in [0.15, 0.2) is 152 Å². The highest BCUT2D eigenvalue weighted by Crippen LogP contribution is 2.33. The predicted molar refractivity (Wildman–Crippen MR) is 246 cm³/mol. The van der Waals surface area contributed by atoms with Crippen LogP contribution in [0.5, 0.6) is 0 Å². The van der Waals surface area contributed by atoms with Crippen LogP contribution in [0.25, 0.3) is 0 Å². The monoisotopic (exact) mass is 898 g/mol. The molecule has 1 fully saturated rings. The summed E-state index contributed by atoms with van der Waals surface area (Å²) in [5.74, 6) is -3.35. The van der Waals surface area contributed by atoms with E-state index in [4.69, 9.17) is 33.2 Å². The van der Waals surface area contributed by atoms with Crippen molar-refractivity contribution in [3.63, 3.8) is 0 Å². The van der Waals surface area contributed by atoms with Crippen LogP contribution >= 0.6 is 0 Å². The number of unbranched alkanes of at least 4 members (excludes halogenated alkanes) is 4. The SMILES string of the molecule is CCCCC[C@@H](CCCCC[C@H](C)OC(=O)c1ccccc1)O[C@@H]1O[C@H](COC(=O)c2ccccc2)[C@@H](OC(=O)c2ccccc2)[C@H](OC(=O)c2ccccc2)[C@H]1OC(=O)c1ccccc1. The summed E-state index contributed by atoms with van der Waals surface area (Å²) in [6, 6.07) is 42.1. The smallest absolute Gasteiger partial charge is 0.338 e. The van der Waals surface area contributed by atoms with Gasteiger partial charge < -0.3 is 33.2 Å². The highest BCUT2D eigenvalue weighted by atomic mass is 16.7. The molecule has 0 aliphatic carbocycles. The molecule has 0 N–H and O–H groups in total. The Bertz CT molecular complexity index is 2260. The van der Waals surface area contributed by atoms with Crippen LogP contribution < -0.4 is 0 Å². The zero-order valence-electron chi connectivity index (χ0n) is 37.4. The highest BCUT2D eigenvalue weighted by molar-refractivity contribution is 5.92. The molecule has 0 amide bonds. The minimum Gasteiger partial charge on any atom is -0.459 e. The first-order valence-electron chi connectivity index (χ1n) is 22.8. The van der Waals surface area contributed by atoms with E-state index < -0.39 is 67.3 Å². The zero-order chi connectivity index (χ0) is 46.5. The summed E-state index contributed by atoms with van der Waals surface area (Å²) in [4.78, 5) is 68.0. The predicted octanol–water partition coefficient (Wildman–Crippen LogP) is 10.4. The molecular formula is C54H58O12. The summed E-state index contributed by atoms with van der Waals surface area (Å²) >= 11 is 0. The van der Waals surface area contributed by atoms with Crippen molar-refractivity contribution < 1.29 is 57.1 Å². The molecule has 5 aromatic rings. The van der Waals surface area contributed by atoms with Gasteiger partial charge in [0.05, 0.1) is 40.0 Å². The van der Waals surface area contributed by atoms with E-state index in [1.165, 1.54) is 0 Å². The van der Waals surface area contributed by atoms with E-state index in [1.54, 1.807) is 146 Å². The van der Waals surface area contributed by atoms with Gasteiger partial charge in [0.2, 0.25) is 0 Å². The van der Waals surface area contributed by atoms with Gasteiger partial charge in [-0.05, 0) is 93.3 Å². The van der Waals surface area contributed by atoms with Crippen molar-refractivity contribution in [1.82, 2.24) is 0 Å². The molecule has 1 saturated heterocycles. The van der Waals surface area contributed by atoms with Gasteiger partial charge in [-0.2, -0.15) is 0 Å². The molecule has 0 spiro atoms. The fourth-order valence-corrected chi connectivity index (χ4v) is 7.59. The number of carbonyl (C=O) groups is 5. The van der Waals surface area contributed by atoms with Crippen LogP contribution in [-0.4, -0.2) is 79.4 Å². The van der Waals surface area contributed by atoms with Gasteiger partial charge in [0.1, 0.15) is 12.7 Å². The minimum atomic E-state index is -1.52. The number of hydrogen-bond acceptors (Lipinski definition) is 12. The van der Waals surface area contributed by atoms with Crippen LogP contribution in [0.4, 0.5) is 0 Å². The van der Waals surface area contributed by atoms with Crippen molar-refractivity contribution in [2.24, 2.45) is 0 Å². The second-order valence-electron chi connectivity index (χ2n) is 16.2. The number of ether oxygens (including phenoxy) is 7. The molecule has 12 nitrogen and oxygen atoms in total. The second-order valence-corrected chi connectivity index (χ2v) is 16.2. The molecule has 5 aromatic carbocycles. The molecule has 7 atom stereocenters. The first kappa shape index (κ1) is 48.8. The van der Waals surface area contributed by atoms with Crippen molar-refractivity contribution in [3.8, 4) is 0 Å². The summed E-state index contributed by atoms with van der Waals surface area (Å²) in [6.45, 7) is 3.54. The van der Waals surface area contributed by atoms with Crippen molar-refractivity contribution in [3.05, 3.63) is 179 Å². The average Bonchev–Trinajstić information content (AvgIpc) is 3.36. The summed E-state index contributed by atoms with van der Waals surface area (Å²) in [5, 5.41) is 0. The molecule has 66 heavy (non-hydrogen) atoms. The Balaban J connectivity index is 1.29. The average molecular weight is 899 g/mol. The quantitative estimate of drug-likeness (QED) is 0.0349. The third kappa shape index (κ3) is 14.7. The Morgan fingerprint density at radius 1 is 0.470 bits per heavy atom. The van der Waals surface area contributed by atoms with E-state index >= 15 is 0 Å². The molecule has 1 aliphatic rings. The maximum Gasteiger partial charge on any atom is 0.338 e. The lowest BCUT2D eigenvalue weighted by atomic mass is 9.97. The molecule has 12 heteroatoms. The Hall–Kier alpha value is -6.63. The van der Waals surface area contributed by atoms with Gasteiger partial charge in [0.15, 0.2) is 24.6 Å². The van der Waals surface area contributed by atoms with Gasteiger partial charge >= 0.3 is 29.8 Å². The zero-order valence-corrected chi connectivity index (χ0v) is 37.4. The molecule has 0 unspecified atom stereocenters. The van der Waals surface area contributed by atoms with Crippen LogP contribution in [-0.2, 0) is 33.2 Å². The fourth-order valence-electron chi connectivity index (χ4n) is 7.59. The number of esters is 5. The lowest BCUT2D eigenvalue weighted by Gasteiger charge is -2.45. The summed E-state index contributed by atoms with van der Waals surface area (Å²) in [6.07, 6.45) is -0.849. The van der Waals surface area contributed by atoms with Crippen molar-refractivity contribution >= 4 is 29.8 Å². The van der Waals surface area contributed by atoms with Gasteiger partial charge in [-0.1, -0.05) is 130 Å². The highest BCUT2D eigenvalue weighted by Gasteiger charge is 2.54.